The highest BCUT2D eigenvalue weighted by Crippen LogP contribution is 2.38. The van der Waals surface area contributed by atoms with E-state index in [-0.39, 0.29) is 36.8 Å². The van der Waals surface area contributed by atoms with Crippen molar-refractivity contribution >= 4 is 24.8 Å². The third kappa shape index (κ3) is 5.45. The molecular weight excluding hydrogens is 395 g/mol. The number of nitrogens with zero attached hydrogens (tertiary/aromatic N) is 1. The minimum Gasteiger partial charge on any atom is -0.381 e. The third-order valence-electron chi connectivity index (χ3n) is 4.90. The van der Waals surface area contributed by atoms with Crippen LogP contribution in [-0.2, 0) is 10.9 Å². The highest BCUT2D eigenvalue weighted by Gasteiger charge is 2.35. The molecule has 2 fully saturated rings. The maximum atomic E-state index is 14.6. The number of benzene rings is 1. The van der Waals surface area contributed by atoms with E-state index in [4.69, 9.17) is 4.74 Å². The Bertz CT molecular complexity index is 544. The second kappa shape index (κ2) is 10.1. The first-order valence-electron chi connectivity index (χ1n) is 8.36. The average Bonchev–Trinajstić information content (AvgIpc) is 2.58. The van der Waals surface area contributed by atoms with Crippen molar-refractivity contribution in [1.29, 1.82) is 0 Å². The molecule has 2 aliphatic heterocycles. The largest absolute Gasteiger partial charge is 0.416 e. The minimum atomic E-state index is -4.53. The first-order chi connectivity index (χ1) is 11.5. The molecule has 0 unspecified atom stereocenters. The maximum absolute atomic E-state index is 14.6. The summed E-state index contributed by atoms with van der Waals surface area (Å²) in [5.74, 6) is -0.567. The molecule has 3 rings (SSSR count). The number of alkyl halides is 3. The highest BCUT2D eigenvalue weighted by atomic mass is 35.5. The summed E-state index contributed by atoms with van der Waals surface area (Å²) in [5.41, 5.74) is -0.563. The van der Waals surface area contributed by atoms with Gasteiger partial charge in [-0.2, -0.15) is 13.2 Å². The Morgan fingerprint density at radius 1 is 1.08 bits per heavy atom. The van der Waals surface area contributed by atoms with Gasteiger partial charge in [0.2, 0.25) is 0 Å². The number of nitrogens with one attached hydrogen (secondary N) is 1. The van der Waals surface area contributed by atoms with E-state index < -0.39 is 17.6 Å². The molecule has 0 amide bonds. The molecule has 0 bridgehead atoms. The zero-order chi connectivity index (χ0) is 17.2. The number of hydrogen-bond donors (Lipinski definition) is 1. The lowest BCUT2D eigenvalue weighted by atomic mass is 9.85. The predicted octanol–water partition coefficient (Wildman–Crippen LogP) is 4.06. The summed E-state index contributed by atoms with van der Waals surface area (Å²) in [5, 5.41) is 3.26. The van der Waals surface area contributed by atoms with Gasteiger partial charge in [-0.1, -0.05) is 6.07 Å². The van der Waals surface area contributed by atoms with E-state index in [0.717, 1.165) is 45.1 Å². The van der Waals surface area contributed by atoms with E-state index in [1.54, 1.807) is 0 Å². The molecule has 0 saturated carbocycles. The fourth-order valence-electron chi connectivity index (χ4n) is 3.68. The van der Waals surface area contributed by atoms with Gasteiger partial charge in [-0.25, -0.2) is 4.39 Å². The number of piperazine rings is 1. The summed E-state index contributed by atoms with van der Waals surface area (Å²) < 4.78 is 58.4. The molecule has 9 heteroatoms. The predicted molar refractivity (Wildman–Crippen MR) is 96.6 cm³/mol. The van der Waals surface area contributed by atoms with Crippen LogP contribution in [0.15, 0.2) is 18.2 Å². The van der Waals surface area contributed by atoms with Crippen LogP contribution in [0.1, 0.15) is 30.0 Å². The Morgan fingerprint density at radius 2 is 1.69 bits per heavy atom. The molecule has 0 spiro atoms. The van der Waals surface area contributed by atoms with Crippen LogP contribution in [0.4, 0.5) is 17.6 Å². The van der Waals surface area contributed by atoms with Gasteiger partial charge in [0.15, 0.2) is 0 Å². The van der Waals surface area contributed by atoms with Crippen LogP contribution in [0.5, 0.6) is 0 Å². The SMILES string of the molecule is Cl.Cl.Fc1cc(C(F)(F)F)ccc1[C@H](C1CCOCC1)N1CCNCC1. The molecule has 1 N–H and O–H groups in total. The van der Waals surface area contributed by atoms with Gasteiger partial charge in [0.25, 0.3) is 0 Å². The van der Waals surface area contributed by atoms with Crippen molar-refractivity contribution in [2.75, 3.05) is 39.4 Å². The van der Waals surface area contributed by atoms with Gasteiger partial charge in [-0.15, -0.1) is 24.8 Å². The molecule has 0 radical (unpaired) electrons. The van der Waals surface area contributed by atoms with Crippen LogP contribution < -0.4 is 5.32 Å². The monoisotopic (exact) mass is 418 g/mol. The Balaban J connectivity index is 0.00000169. The topological polar surface area (TPSA) is 24.5 Å². The Hall–Kier alpha value is -0.600. The molecule has 26 heavy (non-hydrogen) atoms. The van der Waals surface area contributed by atoms with Crippen LogP contribution in [-0.4, -0.2) is 44.3 Å². The van der Waals surface area contributed by atoms with Crippen LogP contribution in [0.3, 0.4) is 0 Å². The van der Waals surface area contributed by atoms with E-state index in [2.05, 4.69) is 10.2 Å². The van der Waals surface area contributed by atoms with Crippen LogP contribution in [0, 0.1) is 11.7 Å². The zero-order valence-corrected chi connectivity index (χ0v) is 15.9. The maximum Gasteiger partial charge on any atom is 0.416 e. The van der Waals surface area contributed by atoms with Gasteiger partial charge in [-0.3, -0.25) is 4.90 Å². The Morgan fingerprint density at radius 3 is 2.23 bits per heavy atom. The Labute approximate surface area is 163 Å². The van der Waals surface area contributed by atoms with Gasteiger partial charge in [0, 0.05) is 51.0 Å². The van der Waals surface area contributed by atoms with E-state index in [1.807, 2.05) is 0 Å². The van der Waals surface area contributed by atoms with Gasteiger partial charge >= 0.3 is 6.18 Å². The number of rotatable bonds is 3. The standard InChI is InChI=1S/C17H22F4N2O.2ClH/c18-15-11-13(17(19,20)21)1-2-14(15)16(12-3-9-24-10-4-12)23-7-5-22-6-8-23;;/h1-2,11-12,16,22H,3-10H2;2*1H/t16-;;/m0../s1. The number of halogens is 6. The molecule has 150 valence electrons. The molecule has 2 saturated heterocycles. The summed E-state index contributed by atoms with van der Waals surface area (Å²) in [6.07, 6.45) is -2.92. The summed E-state index contributed by atoms with van der Waals surface area (Å²) in [6.45, 7) is 4.39. The summed E-state index contributed by atoms with van der Waals surface area (Å²) in [6, 6.07) is 2.75. The van der Waals surface area contributed by atoms with E-state index in [1.165, 1.54) is 6.07 Å². The van der Waals surface area contributed by atoms with Gasteiger partial charge in [0.1, 0.15) is 5.82 Å². The molecule has 1 aromatic rings. The molecular formula is C17H24Cl2F4N2O. The van der Waals surface area contributed by atoms with E-state index in [9.17, 15) is 17.6 Å². The van der Waals surface area contributed by atoms with E-state index in [0.29, 0.717) is 24.8 Å². The minimum absolute atomic E-state index is 0. The Kier molecular flexibility index (Phi) is 9.09. The fraction of sp³-hybridized carbons (Fsp3) is 0.647. The lowest BCUT2D eigenvalue weighted by molar-refractivity contribution is -0.137. The molecule has 1 atom stereocenters. The van der Waals surface area contributed by atoms with E-state index >= 15 is 0 Å². The molecule has 2 heterocycles. The first-order valence-corrected chi connectivity index (χ1v) is 8.36. The van der Waals surface area contributed by atoms with Gasteiger partial charge in [0.05, 0.1) is 5.56 Å². The normalized spacial score (nSPS) is 20.8. The third-order valence-corrected chi connectivity index (χ3v) is 4.90. The first kappa shape index (κ1) is 23.4. The van der Waals surface area contributed by atoms with Crippen molar-refractivity contribution in [3.05, 3.63) is 35.1 Å². The van der Waals surface area contributed by atoms with Crippen molar-refractivity contribution < 1.29 is 22.3 Å². The van der Waals surface area contributed by atoms with Crippen molar-refractivity contribution in [2.24, 2.45) is 5.92 Å². The van der Waals surface area contributed by atoms with Crippen LogP contribution in [0.25, 0.3) is 0 Å². The van der Waals surface area contributed by atoms with Gasteiger partial charge in [-0.05, 0) is 30.9 Å². The van der Waals surface area contributed by atoms with Crippen molar-refractivity contribution in [3.8, 4) is 0 Å². The fourth-order valence-corrected chi connectivity index (χ4v) is 3.68. The molecule has 1 aromatic carbocycles. The number of ether oxygens (including phenoxy) is 1. The summed E-state index contributed by atoms with van der Waals surface area (Å²) in [7, 11) is 0. The summed E-state index contributed by atoms with van der Waals surface area (Å²) >= 11 is 0. The quantitative estimate of drug-likeness (QED) is 0.748. The van der Waals surface area contributed by atoms with Crippen molar-refractivity contribution in [1.82, 2.24) is 10.2 Å². The second-order valence-corrected chi connectivity index (χ2v) is 6.41. The molecule has 2 aliphatic rings. The molecule has 3 nitrogen and oxygen atoms in total. The second-order valence-electron chi connectivity index (χ2n) is 6.41. The number of hydrogen-bond acceptors (Lipinski definition) is 3. The zero-order valence-electron chi connectivity index (χ0n) is 14.2. The summed E-state index contributed by atoms with van der Waals surface area (Å²) in [4.78, 5) is 2.19. The lowest BCUT2D eigenvalue weighted by Gasteiger charge is -2.41. The van der Waals surface area contributed by atoms with Crippen molar-refractivity contribution in [2.45, 2.75) is 25.1 Å². The van der Waals surface area contributed by atoms with Crippen LogP contribution >= 0.6 is 24.8 Å². The highest BCUT2D eigenvalue weighted by molar-refractivity contribution is 5.85. The van der Waals surface area contributed by atoms with Crippen LogP contribution in [0.2, 0.25) is 0 Å². The van der Waals surface area contributed by atoms with Gasteiger partial charge < -0.3 is 10.1 Å². The van der Waals surface area contributed by atoms with Crippen molar-refractivity contribution in [3.63, 3.8) is 0 Å². The smallest absolute Gasteiger partial charge is 0.381 e. The molecule has 0 aromatic heterocycles. The lowest BCUT2D eigenvalue weighted by Crippen LogP contribution is -2.47. The average molecular weight is 419 g/mol. The molecule has 0 aliphatic carbocycles.